The summed E-state index contributed by atoms with van der Waals surface area (Å²) in [5, 5.41) is 12.8. The van der Waals surface area contributed by atoms with Crippen LogP contribution in [0.5, 0.6) is 0 Å². The summed E-state index contributed by atoms with van der Waals surface area (Å²) in [6.07, 6.45) is 3.47. The molecule has 110 valence electrons. The van der Waals surface area contributed by atoms with E-state index in [1.807, 2.05) is 6.07 Å². The molecule has 0 aliphatic heterocycles. The maximum absolute atomic E-state index is 9.39. The van der Waals surface area contributed by atoms with E-state index in [4.69, 9.17) is 0 Å². The Hall–Kier alpha value is -1.53. The first-order valence-electron chi connectivity index (χ1n) is 7.75. The van der Waals surface area contributed by atoms with Crippen molar-refractivity contribution in [3.63, 3.8) is 0 Å². The lowest BCUT2D eigenvalue weighted by atomic mass is 10.1. The molecule has 1 rings (SSSR count). The number of nitrogens with one attached hydrogen (secondary N) is 1. The average molecular weight is 273 g/mol. The van der Waals surface area contributed by atoms with Crippen LogP contribution >= 0.6 is 0 Å². The zero-order valence-corrected chi connectivity index (χ0v) is 13.1. The van der Waals surface area contributed by atoms with Gasteiger partial charge in [0.05, 0.1) is 11.3 Å². The molecule has 3 nitrogen and oxygen atoms in total. The molecule has 0 atom stereocenters. The monoisotopic (exact) mass is 273 g/mol. The van der Waals surface area contributed by atoms with Crippen molar-refractivity contribution in [1.29, 1.82) is 5.26 Å². The van der Waals surface area contributed by atoms with Gasteiger partial charge in [0.25, 0.3) is 0 Å². The molecule has 0 heterocycles. The molecule has 0 spiro atoms. The van der Waals surface area contributed by atoms with Crippen LogP contribution in [-0.2, 0) is 6.54 Å². The van der Waals surface area contributed by atoms with Gasteiger partial charge in [0.15, 0.2) is 0 Å². The number of hydrogen-bond acceptors (Lipinski definition) is 3. The van der Waals surface area contributed by atoms with Gasteiger partial charge in [-0.25, -0.2) is 0 Å². The molecule has 0 unspecified atom stereocenters. The second-order valence-corrected chi connectivity index (χ2v) is 5.07. The van der Waals surface area contributed by atoms with Gasteiger partial charge in [0.2, 0.25) is 0 Å². The van der Waals surface area contributed by atoms with Crippen LogP contribution in [0.2, 0.25) is 0 Å². The summed E-state index contributed by atoms with van der Waals surface area (Å²) in [6, 6.07) is 8.60. The lowest BCUT2D eigenvalue weighted by Gasteiger charge is -2.24. The van der Waals surface area contributed by atoms with E-state index in [1.165, 1.54) is 18.4 Å². The predicted octanol–water partition coefficient (Wildman–Crippen LogP) is 3.68. The minimum Gasteiger partial charge on any atom is -0.371 e. The van der Waals surface area contributed by atoms with Crippen LogP contribution in [0.1, 0.15) is 51.2 Å². The standard InChI is InChI=1S/C17H27N3/c1-4-7-11-20(6-3)17-9-8-15(12-16(17)13-18)14-19-10-5-2/h8-9,12,19H,4-7,10-11,14H2,1-3H3. The number of benzene rings is 1. The zero-order chi connectivity index (χ0) is 14.8. The molecule has 1 aromatic carbocycles. The number of hydrogen-bond donors (Lipinski definition) is 1. The molecular formula is C17H27N3. The van der Waals surface area contributed by atoms with Crippen LogP contribution in [0.15, 0.2) is 18.2 Å². The molecule has 1 aromatic rings. The fraction of sp³-hybridized carbons (Fsp3) is 0.588. The van der Waals surface area contributed by atoms with Crippen LogP contribution < -0.4 is 10.2 Å². The topological polar surface area (TPSA) is 39.1 Å². The molecule has 0 bridgehead atoms. The third-order valence-electron chi connectivity index (χ3n) is 3.44. The van der Waals surface area contributed by atoms with Crippen LogP contribution in [0.25, 0.3) is 0 Å². The molecule has 1 N–H and O–H groups in total. The molecule has 0 aliphatic rings. The number of anilines is 1. The van der Waals surface area contributed by atoms with Crippen molar-refractivity contribution in [2.75, 3.05) is 24.5 Å². The third kappa shape index (κ3) is 4.86. The van der Waals surface area contributed by atoms with Crippen molar-refractivity contribution in [3.8, 4) is 6.07 Å². The van der Waals surface area contributed by atoms with Gasteiger partial charge in [-0.05, 0) is 44.0 Å². The van der Waals surface area contributed by atoms with E-state index in [0.29, 0.717) is 0 Å². The normalized spacial score (nSPS) is 10.3. The van der Waals surface area contributed by atoms with Crippen LogP contribution in [-0.4, -0.2) is 19.6 Å². The second kappa shape index (κ2) is 9.39. The molecule has 0 fully saturated rings. The van der Waals surface area contributed by atoms with Crippen molar-refractivity contribution in [3.05, 3.63) is 29.3 Å². The van der Waals surface area contributed by atoms with Gasteiger partial charge in [-0.1, -0.05) is 26.3 Å². The van der Waals surface area contributed by atoms with Gasteiger partial charge in [0.1, 0.15) is 6.07 Å². The molecule has 20 heavy (non-hydrogen) atoms. The fourth-order valence-electron chi connectivity index (χ4n) is 2.27. The van der Waals surface area contributed by atoms with Crippen LogP contribution in [0, 0.1) is 11.3 Å². The molecule has 0 aliphatic carbocycles. The van der Waals surface area contributed by atoms with Crippen LogP contribution in [0.3, 0.4) is 0 Å². The Kier molecular flexibility index (Phi) is 7.75. The Morgan fingerprint density at radius 2 is 2.00 bits per heavy atom. The zero-order valence-electron chi connectivity index (χ0n) is 13.1. The summed E-state index contributed by atoms with van der Waals surface area (Å²) >= 11 is 0. The summed E-state index contributed by atoms with van der Waals surface area (Å²) < 4.78 is 0. The van der Waals surface area contributed by atoms with Crippen molar-refractivity contribution >= 4 is 5.69 Å². The first kappa shape index (κ1) is 16.5. The lowest BCUT2D eigenvalue weighted by molar-refractivity contribution is 0.675. The summed E-state index contributed by atoms with van der Waals surface area (Å²) in [7, 11) is 0. The Morgan fingerprint density at radius 3 is 2.60 bits per heavy atom. The van der Waals surface area contributed by atoms with E-state index in [2.05, 4.69) is 49.2 Å². The average Bonchev–Trinajstić information content (AvgIpc) is 2.49. The van der Waals surface area contributed by atoms with Crippen molar-refractivity contribution < 1.29 is 0 Å². The van der Waals surface area contributed by atoms with Gasteiger partial charge in [-0.15, -0.1) is 0 Å². The van der Waals surface area contributed by atoms with Crippen molar-refractivity contribution in [1.82, 2.24) is 5.32 Å². The number of rotatable bonds is 9. The fourth-order valence-corrected chi connectivity index (χ4v) is 2.27. The quantitative estimate of drug-likeness (QED) is 0.698. The lowest BCUT2D eigenvalue weighted by Crippen LogP contribution is -2.25. The first-order chi connectivity index (χ1) is 9.76. The Labute approximate surface area is 123 Å². The maximum Gasteiger partial charge on any atom is 0.101 e. The second-order valence-electron chi connectivity index (χ2n) is 5.07. The Morgan fingerprint density at radius 1 is 1.20 bits per heavy atom. The molecule has 0 saturated carbocycles. The number of nitriles is 1. The number of nitrogens with zero attached hydrogens (tertiary/aromatic N) is 2. The molecule has 3 heteroatoms. The highest BCUT2D eigenvalue weighted by Crippen LogP contribution is 2.22. The molecule has 0 saturated heterocycles. The van der Waals surface area contributed by atoms with Crippen LogP contribution in [0.4, 0.5) is 5.69 Å². The SMILES string of the molecule is CCCCN(CC)c1ccc(CNCCC)cc1C#N. The van der Waals surface area contributed by atoms with Gasteiger partial charge in [-0.2, -0.15) is 5.26 Å². The minimum absolute atomic E-state index is 0.791. The highest BCUT2D eigenvalue weighted by Gasteiger charge is 2.10. The van der Waals surface area contributed by atoms with Gasteiger partial charge >= 0.3 is 0 Å². The molecular weight excluding hydrogens is 246 g/mol. The smallest absolute Gasteiger partial charge is 0.101 e. The summed E-state index contributed by atoms with van der Waals surface area (Å²) in [5.74, 6) is 0. The first-order valence-corrected chi connectivity index (χ1v) is 7.75. The summed E-state index contributed by atoms with van der Waals surface area (Å²) in [6.45, 7) is 10.3. The Balaban J connectivity index is 2.83. The highest BCUT2D eigenvalue weighted by atomic mass is 15.1. The van der Waals surface area contributed by atoms with Gasteiger partial charge < -0.3 is 10.2 Å². The van der Waals surface area contributed by atoms with Crippen molar-refractivity contribution in [2.45, 2.75) is 46.6 Å². The minimum atomic E-state index is 0.791. The molecule has 0 aromatic heterocycles. The third-order valence-corrected chi connectivity index (χ3v) is 3.44. The highest BCUT2D eigenvalue weighted by molar-refractivity contribution is 5.60. The maximum atomic E-state index is 9.39. The van der Waals surface area contributed by atoms with E-state index in [0.717, 1.165) is 43.9 Å². The van der Waals surface area contributed by atoms with E-state index >= 15 is 0 Å². The largest absolute Gasteiger partial charge is 0.371 e. The van der Waals surface area contributed by atoms with Gasteiger partial charge in [0, 0.05) is 19.6 Å². The molecule has 0 amide bonds. The van der Waals surface area contributed by atoms with E-state index in [1.54, 1.807) is 0 Å². The van der Waals surface area contributed by atoms with Gasteiger partial charge in [-0.3, -0.25) is 0 Å². The van der Waals surface area contributed by atoms with E-state index in [-0.39, 0.29) is 0 Å². The van der Waals surface area contributed by atoms with E-state index < -0.39 is 0 Å². The summed E-state index contributed by atoms with van der Waals surface area (Å²) in [5.41, 5.74) is 3.05. The van der Waals surface area contributed by atoms with Crippen molar-refractivity contribution in [2.24, 2.45) is 0 Å². The van der Waals surface area contributed by atoms with E-state index in [9.17, 15) is 5.26 Å². The summed E-state index contributed by atoms with van der Waals surface area (Å²) in [4.78, 5) is 2.30. The predicted molar refractivity (Wildman–Crippen MR) is 85.9 cm³/mol. The Bertz CT molecular complexity index is 434. The number of unbranched alkanes of at least 4 members (excludes halogenated alkanes) is 1. The molecule has 0 radical (unpaired) electrons.